The summed E-state index contributed by atoms with van der Waals surface area (Å²) < 4.78 is 18.8. The quantitative estimate of drug-likeness (QED) is 0.846. The lowest BCUT2D eigenvalue weighted by Gasteiger charge is -2.09. The van der Waals surface area contributed by atoms with E-state index < -0.39 is 11.7 Å². The predicted molar refractivity (Wildman–Crippen MR) is 81.4 cm³/mol. The fourth-order valence-corrected chi connectivity index (χ4v) is 1.86. The van der Waals surface area contributed by atoms with Crippen LogP contribution in [0.25, 0.3) is 0 Å². The Bertz CT molecular complexity index is 677. The first kappa shape index (κ1) is 15.1. The minimum atomic E-state index is -0.537. The highest BCUT2D eigenvalue weighted by atomic mass is 35.5. The van der Waals surface area contributed by atoms with Crippen LogP contribution in [0, 0.1) is 5.82 Å². The zero-order valence-corrected chi connectivity index (χ0v) is 12.1. The van der Waals surface area contributed by atoms with Gasteiger partial charge in [-0.1, -0.05) is 11.6 Å². The smallest absolute Gasteiger partial charge is 0.255 e. The maximum absolute atomic E-state index is 13.7. The molecule has 0 saturated carbocycles. The van der Waals surface area contributed by atoms with Gasteiger partial charge in [-0.3, -0.25) is 4.79 Å². The largest absolute Gasteiger partial charge is 0.491 e. The summed E-state index contributed by atoms with van der Waals surface area (Å²) in [7, 11) is 0. The Morgan fingerprint density at radius 3 is 2.71 bits per heavy atom. The third-order valence-electron chi connectivity index (χ3n) is 2.75. The number of halogens is 2. The summed E-state index contributed by atoms with van der Waals surface area (Å²) >= 11 is 5.79. The number of rotatable bonds is 4. The van der Waals surface area contributed by atoms with Crippen molar-refractivity contribution in [2.24, 2.45) is 0 Å². The molecular formula is C15H14ClFN2O2. The molecule has 2 rings (SSSR count). The second-order valence-electron chi connectivity index (χ2n) is 4.27. The van der Waals surface area contributed by atoms with Crippen LogP contribution in [-0.4, -0.2) is 12.5 Å². The van der Waals surface area contributed by atoms with Crippen LogP contribution in [0.5, 0.6) is 5.75 Å². The van der Waals surface area contributed by atoms with E-state index in [-0.39, 0.29) is 5.75 Å². The summed E-state index contributed by atoms with van der Waals surface area (Å²) in [6.07, 6.45) is 0. The number of nitrogens with two attached hydrogens (primary N) is 1. The van der Waals surface area contributed by atoms with Gasteiger partial charge in [0.1, 0.15) is 0 Å². The first-order valence-electron chi connectivity index (χ1n) is 6.30. The van der Waals surface area contributed by atoms with Crippen molar-refractivity contribution >= 4 is 28.9 Å². The number of benzene rings is 2. The monoisotopic (exact) mass is 308 g/mol. The van der Waals surface area contributed by atoms with Crippen molar-refractivity contribution in [2.45, 2.75) is 6.92 Å². The van der Waals surface area contributed by atoms with Crippen molar-refractivity contribution in [3.63, 3.8) is 0 Å². The normalized spacial score (nSPS) is 10.2. The zero-order chi connectivity index (χ0) is 15.4. The molecule has 0 aromatic heterocycles. The van der Waals surface area contributed by atoms with Crippen molar-refractivity contribution in [1.82, 2.24) is 0 Å². The molecule has 0 aliphatic rings. The van der Waals surface area contributed by atoms with Crippen molar-refractivity contribution in [3.05, 3.63) is 52.8 Å². The highest BCUT2D eigenvalue weighted by Gasteiger charge is 2.10. The molecular weight excluding hydrogens is 295 g/mol. The van der Waals surface area contributed by atoms with Gasteiger partial charge < -0.3 is 15.8 Å². The first-order chi connectivity index (χ1) is 10.0. The van der Waals surface area contributed by atoms with E-state index in [9.17, 15) is 9.18 Å². The van der Waals surface area contributed by atoms with Crippen LogP contribution in [0.4, 0.5) is 15.8 Å². The number of carbonyl (C=O) groups is 1. The molecule has 0 bridgehead atoms. The topological polar surface area (TPSA) is 64.3 Å². The number of hydrogen-bond acceptors (Lipinski definition) is 3. The van der Waals surface area contributed by atoms with E-state index in [1.807, 2.05) is 0 Å². The molecule has 0 aliphatic carbocycles. The van der Waals surface area contributed by atoms with Gasteiger partial charge in [0, 0.05) is 17.3 Å². The van der Waals surface area contributed by atoms with Crippen LogP contribution in [-0.2, 0) is 0 Å². The molecule has 0 unspecified atom stereocenters. The standard InChI is InChI=1S/C15H14ClFN2O2/c1-2-21-14-6-4-10(8-12(14)17)19-15(20)9-3-5-11(16)13(18)7-9/h3-8H,2,18H2,1H3,(H,19,20). The average molecular weight is 309 g/mol. The maximum Gasteiger partial charge on any atom is 0.255 e. The van der Waals surface area contributed by atoms with Gasteiger partial charge in [-0.05, 0) is 37.3 Å². The van der Waals surface area contributed by atoms with Crippen LogP contribution < -0.4 is 15.8 Å². The molecule has 0 radical (unpaired) electrons. The third kappa shape index (κ3) is 3.64. The first-order valence-corrected chi connectivity index (χ1v) is 6.67. The minimum Gasteiger partial charge on any atom is -0.491 e. The highest BCUT2D eigenvalue weighted by Crippen LogP contribution is 2.23. The lowest BCUT2D eigenvalue weighted by molar-refractivity contribution is 0.102. The molecule has 2 aromatic rings. The number of carbonyl (C=O) groups excluding carboxylic acids is 1. The van der Waals surface area contributed by atoms with E-state index in [0.29, 0.717) is 28.6 Å². The Hall–Kier alpha value is -2.27. The highest BCUT2D eigenvalue weighted by molar-refractivity contribution is 6.33. The van der Waals surface area contributed by atoms with Crippen LogP contribution in [0.3, 0.4) is 0 Å². The molecule has 0 atom stereocenters. The van der Waals surface area contributed by atoms with Gasteiger partial charge in [0.15, 0.2) is 11.6 Å². The van der Waals surface area contributed by atoms with Crippen molar-refractivity contribution in [3.8, 4) is 5.75 Å². The molecule has 6 heteroatoms. The number of ether oxygens (including phenoxy) is 1. The third-order valence-corrected chi connectivity index (χ3v) is 3.09. The van der Waals surface area contributed by atoms with E-state index >= 15 is 0 Å². The van der Waals surface area contributed by atoms with E-state index in [1.165, 1.54) is 24.3 Å². The Labute approximate surface area is 126 Å². The van der Waals surface area contributed by atoms with Gasteiger partial charge in [0.2, 0.25) is 0 Å². The van der Waals surface area contributed by atoms with E-state index in [4.69, 9.17) is 22.1 Å². The van der Waals surface area contributed by atoms with Crippen LogP contribution in [0.1, 0.15) is 17.3 Å². The van der Waals surface area contributed by atoms with Crippen molar-refractivity contribution in [1.29, 1.82) is 0 Å². The summed E-state index contributed by atoms with van der Waals surface area (Å²) in [4.78, 5) is 12.0. The van der Waals surface area contributed by atoms with Gasteiger partial charge in [0.05, 0.1) is 17.3 Å². The molecule has 4 nitrogen and oxygen atoms in total. The molecule has 0 fully saturated rings. The molecule has 1 amide bonds. The van der Waals surface area contributed by atoms with Gasteiger partial charge in [-0.25, -0.2) is 4.39 Å². The van der Waals surface area contributed by atoms with Crippen molar-refractivity contribution < 1.29 is 13.9 Å². The summed E-state index contributed by atoms with van der Waals surface area (Å²) in [5.41, 5.74) is 6.62. The van der Waals surface area contributed by atoms with Gasteiger partial charge in [-0.2, -0.15) is 0 Å². The molecule has 0 saturated heterocycles. The lowest BCUT2D eigenvalue weighted by Crippen LogP contribution is -2.12. The number of hydrogen-bond donors (Lipinski definition) is 2. The Morgan fingerprint density at radius 2 is 2.10 bits per heavy atom. The molecule has 21 heavy (non-hydrogen) atoms. The molecule has 3 N–H and O–H groups in total. The van der Waals surface area contributed by atoms with E-state index in [2.05, 4.69) is 5.32 Å². The summed E-state index contributed by atoms with van der Waals surface area (Å²) in [6.45, 7) is 2.13. The van der Waals surface area contributed by atoms with E-state index in [0.717, 1.165) is 0 Å². The average Bonchev–Trinajstić information content (AvgIpc) is 2.45. The number of nitrogens with one attached hydrogen (secondary N) is 1. The van der Waals surface area contributed by atoms with Crippen molar-refractivity contribution in [2.75, 3.05) is 17.7 Å². The SMILES string of the molecule is CCOc1ccc(NC(=O)c2ccc(Cl)c(N)c2)cc1F. The second kappa shape index (κ2) is 6.45. The molecule has 0 aliphatic heterocycles. The van der Waals surface area contributed by atoms with Crippen LogP contribution >= 0.6 is 11.6 Å². The summed E-state index contributed by atoms with van der Waals surface area (Å²) in [5.74, 6) is -0.793. The fraction of sp³-hybridized carbons (Fsp3) is 0.133. The molecule has 2 aromatic carbocycles. The zero-order valence-electron chi connectivity index (χ0n) is 11.3. The Morgan fingerprint density at radius 1 is 1.33 bits per heavy atom. The number of anilines is 2. The maximum atomic E-state index is 13.7. The van der Waals surface area contributed by atoms with Gasteiger partial charge in [-0.15, -0.1) is 0 Å². The minimum absolute atomic E-state index is 0.145. The molecule has 110 valence electrons. The molecule has 0 spiro atoms. The lowest BCUT2D eigenvalue weighted by atomic mass is 10.2. The van der Waals surface area contributed by atoms with Crippen LogP contribution in [0.2, 0.25) is 5.02 Å². The summed E-state index contributed by atoms with van der Waals surface area (Å²) in [6, 6.07) is 8.75. The Balaban J connectivity index is 2.15. The second-order valence-corrected chi connectivity index (χ2v) is 4.68. The molecule has 0 heterocycles. The predicted octanol–water partition coefficient (Wildman–Crippen LogP) is 3.71. The van der Waals surface area contributed by atoms with Gasteiger partial charge in [0.25, 0.3) is 5.91 Å². The summed E-state index contributed by atoms with van der Waals surface area (Å²) in [5, 5.41) is 2.96. The Kier molecular flexibility index (Phi) is 4.65. The number of amides is 1. The van der Waals surface area contributed by atoms with E-state index in [1.54, 1.807) is 19.1 Å². The van der Waals surface area contributed by atoms with Gasteiger partial charge >= 0.3 is 0 Å². The number of nitrogen functional groups attached to an aromatic ring is 1. The van der Waals surface area contributed by atoms with Crippen LogP contribution in [0.15, 0.2) is 36.4 Å². The fourth-order valence-electron chi connectivity index (χ4n) is 1.74.